The smallest absolute Gasteiger partial charge is 0.141 e. The van der Waals surface area contributed by atoms with Crippen molar-refractivity contribution in [2.24, 2.45) is 17.6 Å². The van der Waals surface area contributed by atoms with E-state index in [1.807, 2.05) is 13.8 Å². The Labute approximate surface area is 106 Å². The van der Waals surface area contributed by atoms with E-state index < -0.39 is 5.82 Å². The van der Waals surface area contributed by atoms with Crippen LogP contribution in [-0.2, 0) is 11.2 Å². The van der Waals surface area contributed by atoms with E-state index in [2.05, 4.69) is 0 Å². The standard InChI is InChI=1S/C13H17ClFNO/c1-8(2)11(7-16)13(17)6-9-5-10(14)3-4-12(9)15/h3-5,8,11H,6-7,16H2,1-2H3. The fraction of sp³-hybridized carbons (Fsp3) is 0.462. The van der Waals surface area contributed by atoms with Crippen molar-refractivity contribution in [1.29, 1.82) is 0 Å². The molecule has 1 rings (SSSR count). The zero-order chi connectivity index (χ0) is 13.0. The summed E-state index contributed by atoms with van der Waals surface area (Å²) in [6.07, 6.45) is 0.0481. The minimum absolute atomic E-state index is 0.0383. The molecule has 0 saturated carbocycles. The van der Waals surface area contributed by atoms with Gasteiger partial charge in [-0.05, 0) is 29.7 Å². The highest BCUT2D eigenvalue weighted by atomic mass is 35.5. The Morgan fingerprint density at radius 1 is 1.47 bits per heavy atom. The van der Waals surface area contributed by atoms with Crippen LogP contribution in [0.5, 0.6) is 0 Å². The first-order valence-corrected chi connectivity index (χ1v) is 6.00. The molecule has 1 aromatic rings. The molecule has 0 fully saturated rings. The summed E-state index contributed by atoms with van der Waals surface area (Å²) in [6.45, 7) is 4.16. The van der Waals surface area contributed by atoms with Crippen molar-refractivity contribution >= 4 is 17.4 Å². The third kappa shape index (κ3) is 3.79. The van der Waals surface area contributed by atoms with Crippen molar-refractivity contribution in [3.05, 3.63) is 34.6 Å². The number of rotatable bonds is 5. The summed E-state index contributed by atoms with van der Waals surface area (Å²) >= 11 is 5.77. The number of carbonyl (C=O) groups excluding carboxylic acids is 1. The van der Waals surface area contributed by atoms with Gasteiger partial charge in [0, 0.05) is 23.9 Å². The molecule has 0 saturated heterocycles. The minimum atomic E-state index is -0.401. The molecule has 0 aliphatic rings. The average molecular weight is 258 g/mol. The molecule has 2 N–H and O–H groups in total. The second-order valence-electron chi connectivity index (χ2n) is 4.47. The summed E-state index contributed by atoms with van der Waals surface area (Å²) in [5.41, 5.74) is 5.89. The van der Waals surface area contributed by atoms with E-state index >= 15 is 0 Å². The van der Waals surface area contributed by atoms with Gasteiger partial charge >= 0.3 is 0 Å². The van der Waals surface area contributed by atoms with Crippen molar-refractivity contribution < 1.29 is 9.18 Å². The van der Waals surface area contributed by atoms with Crippen LogP contribution in [0.3, 0.4) is 0 Å². The monoisotopic (exact) mass is 257 g/mol. The lowest BCUT2D eigenvalue weighted by Crippen LogP contribution is -2.29. The minimum Gasteiger partial charge on any atom is -0.330 e. The first kappa shape index (κ1) is 14.1. The Kier molecular flexibility index (Phi) is 5.09. The molecule has 0 aliphatic heterocycles. The lowest BCUT2D eigenvalue weighted by atomic mass is 9.88. The highest BCUT2D eigenvalue weighted by Crippen LogP contribution is 2.19. The molecule has 2 nitrogen and oxygen atoms in total. The van der Waals surface area contributed by atoms with Gasteiger partial charge in [-0.25, -0.2) is 4.39 Å². The summed E-state index contributed by atoms with van der Waals surface area (Å²) < 4.78 is 13.5. The maximum atomic E-state index is 13.5. The molecule has 0 spiro atoms. The normalized spacial score (nSPS) is 12.8. The number of Topliss-reactive ketones (excluding diaryl/α,β-unsaturated/α-hetero) is 1. The van der Waals surface area contributed by atoms with Crippen LogP contribution in [0.25, 0.3) is 0 Å². The number of ketones is 1. The summed E-state index contributed by atoms with van der Waals surface area (Å²) in [5.74, 6) is -0.505. The average Bonchev–Trinajstić information content (AvgIpc) is 2.24. The van der Waals surface area contributed by atoms with Crippen LogP contribution in [0.4, 0.5) is 4.39 Å². The molecule has 0 aliphatic carbocycles. The highest BCUT2D eigenvalue weighted by molar-refractivity contribution is 6.30. The van der Waals surface area contributed by atoms with Crippen LogP contribution < -0.4 is 5.73 Å². The van der Waals surface area contributed by atoms with Crippen LogP contribution in [0, 0.1) is 17.7 Å². The van der Waals surface area contributed by atoms with E-state index in [9.17, 15) is 9.18 Å². The van der Waals surface area contributed by atoms with Gasteiger partial charge in [-0.3, -0.25) is 4.79 Å². The molecule has 94 valence electrons. The Bertz CT molecular complexity index is 406. The Hall–Kier alpha value is -0.930. The van der Waals surface area contributed by atoms with Crippen LogP contribution in [0.1, 0.15) is 19.4 Å². The van der Waals surface area contributed by atoms with Gasteiger partial charge in [-0.1, -0.05) is 25.4 Å². The van der Waals surface area contributed by atoms with Crippen LogP contribution >= 0.6 is 11.6 Å². The molecular weight excluding hydrogens is 241 g/mol. The van der Waals surface area contributed by atoms with E-state index in [0.29, 0.717) is 17.1 Å². The zero-order valence-corrected chi connectivity index (χ0v) is 10.8. The van der Waals surface area contributed by atoms with Gasteiger partial charge < -0.3 is 5.73 Å². The summed E-state index contributed by atoms with van der Waals surface area (Å²) in [6, 6.07) is 4.23. The molecule has 17 heavy (non-hydrogen) atoms. The molecule has 1 atom stereocenters. The number of nitrogens with two attached hydrogens (primary N) is 1. The van der Waals surface area contributed by atoms with Gasteiger partial charge in [0.05, 0.1) is 0 Å². The van der Waals surface area contributed by atoms with Gasteiger partial charge in [0.1, 0.15) is 11.6 Å². The van der Waals surface area contributed by atoms with E-state index in [-0.39, 0.29) is 24.0 Å². The van der Waals surface area contributed by atoms with Gasteiger partial charge in [0.15, 0.2) is 0 Å². The van der Waals surface area contributed by atoms with Gasteiger partial charge in [0.25, 0.3) is 0 Å². The fourth-order valence-electron chi connectivity index (χ4n) is 1.77. The topological polar surface area (TPSA) is 43.1 Å². The number of hydrogen-bond acceptors (Lipinski definition) is 2. The Morgan fingerprint density at radius 2 is 2.12 bits per heavy atom. The molecule has 1 unspecified atom stereocenters. The number of hydrogen-bond donors (Lipinski definition) is 1. The van der Waals surface area contributed by atoms with Crippen molar-refractivity contribution in [3.8, 4) is 0 Å². The van der Waals surface area contributed by atoms with E-state index in [1.165, 1.54) is 18.2 Å². The van der Waals surface area contributed by atoms with E-state index in [0.717, 1.165) is 0 Å². The number of carbonyl (C=O) groups is 1. The molecule has 0 heterocycles. The number of benzene rings is 1. The summed E-state index contributed by atoms with van der Waals surface area (Å²) in [7, 11) is 0. The lowest BCUT2D eigenvalue weighted by molar-refractivity contribution is -0.123. The Morgan fingerprint density at radius 3 is 2.65 bits per heavy atom. The number of halogens is 2. The lowest BCUT2D eigenvalue weighted by Gasteiger charge is -2.17. The maximum Gasteiger partial charge on any atom is 0.141 e. The predicted molar refractivity (Wildman–Crippen MR) is 67.5 cm³/mol. The maximum absolute atomic E-state index is 13.5. The van der Waals surface area contributed by atoms with E-state index in [4.69, 9.17) is 17.3 Å². The fourth-order valence-corrected chi connectivity index (χ4v) is 1.97. The second kappa shape index (κ2) is 6.12. The molecular formula is C13H17ClFNO. The predicted octanol–water partition coefficient (Wildman–Crippen LogP) is 2.82. The second-order valence-corrected chi connectivity index (χ2v) is 4.90. The zero-order valence-electron chi connectivity index (χ0n) is 10.0. The van der Waals surface area contributed by atoms with Crippen molar-refractivity contribution in [2.75, 3.05) is 6.54 Å². The van der Waals surface area contributed by atoms with Crippen LogP contribution in [-0.4, -0.2) is 12.3 Å². The molecule has 0 aromatic heterocycles. The molecule has 4 heteroatoms. The summed E-state index contributed by atoms with van der Waals surface area (Å²) in [5, 5.41) is 0.433. The first-order chi connectivity index (χ1) is 7.95. The van der Waals surface area contributed by atoms with Gasteiger partial charge in [0.2, 0.25) is 0 Å². The molecule has 0 amide bonds. The largest absolute Gasteiger partial charge is 0.330 e. The third-order valence-corrected chi connectivity index (χ3v) is 3.08. The van der Waals surface area contributed by atoms with Gasteiger partial charge in [-0.2, -0.15) is 0 Å². The SMILES string of the molecule is CC(C)C(CN)C(=O)Cc1cc(Cl)ccc1F. The highest BCUT2D eigenvalue weighted by Gasteiger charge is 2.21. The molecule has 0 radical (unpaired) electrons. The quantitative estimate of drug-likeness (QED) is 0.881. The molecule has 1 aromatic carbocycles. The van der Waals surface area contributed by atoms with Crippen molar-refractivity contribution in [2.45, 2.75) is 20.3 Å². The Balaban J connectivity index is 2.83. The van der Waals surface area contributed by atoms with Crippen molar-refractivity contribution in [3.63, 3.8) is 0 Å². The van der Waals surface area contributed by atoms with Crippen LogP contribution in [0.15, 0.2) is 18.2 Å². The van der Waals surface area contributed by atoms with Crippen LogP contribution in [0.2, 0.25) is 5.02 Å². The van der Waals surface area contributed by atoms with E-state index in [1.54, 1.807) is 0 Å². The van der Waals surface area contributed by atoms with Gasteiger partial charge in [-0.15, -0.1) is 0 Å². The molecule has 0 bridgehead atoms. The van der Waals surface area contributed by atoms with Crippen molar-refractivity contribution in [1.82, 2.24) is 0 Å². The first-order valence-electron chi connectivity index (χ1n) is 5.62. The summed E-state index contributed by atoms with van der Waals surface area (Å²) in [4.78, 5) is 12.0. The third-order valence-electron chi connectivity index (χ3n) is 2.84.